The van der Waals surface area contributed by atoms with E-state index in [1.807, 2.05) is 12.1 Å². The summed E-state index contributed by atoms with van der Waals surface area (Å²) >= 11 is 6.34. The van der Waals surface area contributed by atoms with Gasteiger partial charge in [0.1, 0.15) is 5.75 Å². The third-order valence-corrected chi connectivity index (χ3v) is 4.33. The molecule has 1 unspecified atom stereocenters. The molecule has 0 fully saturated rings. The van der Waals surface area contributed by atoms with Gasteiger partial charge in [-0.15, -0.1) is 0 Å². The van der Waals surface area contributed by atoms with E-state index in [2.05, 4.69) is 4.98 Å². The third-order valence-electron chi connectivity index (χ3n) is 4.02. The molecule has 0 radical (unpaired) electrons. The van der Waals surface area contributed by atoms with Gasteiger partial charge >= 0.3 is 5.97 Å². The molecule has 3 rings (SSSR count). The number of rotatable bonds is 3. The lowest BCUT2D eigenvalue weighted by molar-refractivity contribution is -0.137. The first-order valence-electron chi connectivity index (χ1n) is 6.70. The molecule has 1 aliphatic rings. The number of ether oxygens (including phenoxy) is 1. The van der Waals surface area contributed by atoms with Gasteiger partial charge in [-0.2, -0.15) is 0 Å². The van der Waals surface area contributed by atoms with Gasteiger partial charge in [0.15, 0.2) is 0 Å². The van der Waals surface area contributed by atoms with Gasteiger partial charge in [0.2, 0.25) is 0 Å². The van der Waals surface area contributed by atoms with Crippen LogP contribution in [0, 0.1) is 0 Å². The fraction of sp³-hybridized carbons (Fsp3) is 0.400. The maximum Gasteiger partial charge on any atom is 0.303 e. The van der Waals surface area contributed by atoms with Crippen LogP contribution < -0.4 is 4.74 Å². The maximum absolute atomic E-state index is 11.1. The lowest BCUT2D eigenvalue weighted by Crippen LogP contribution is -2.12. The van der Waals surface area contributed by atoms with Crippen LogP contribution in [-0.2, 0) is 11.2 Å². The topological polar surface area (TPSA) is 62.3 Å². The summed E-state index contributed by atoms with van der Waals surface area (Å²) in [5.41, 5.74) is 3.05. The SMILES string of the molecule is COc1ccc(Cl)c2c3c([nH]c12)CCCC3CC(=O)O. The van der Waals surface area contributed by atoms with Crippen LogP contribution in [0.3, 0.4) is 0 Å². The van der Waals surface area contributed by atoms with Crippen LogP contribution >= 0.6 is 11.6 Å². The zero-order valence-electron chi connectivity index (χ0n) is 11.2. The summed E-state index contributed by atoms with van der Waals surface area (Å²) < 4.78 is 5.37. The molecule has 1 aromatic heterocycles. The Balaban J connectivity index is 2.24. The lowest BCUT2D eigenvalue weighted by atomic mass is 9.83. The van der Waals surface area contributed by atoms with E-state index in [4.69, 9.17) is 21.4 Å². The van der Waals surface area contributed by atoms with E-state index >= 15 is 0 Å². The molecule has 4 nitrogen and oxygen atoms in total. The second-order valence-corrected chi connectivity index (χ2v) is 5.61. The van der Waals surface area contributed by atoms with E-state index < -0.39 is 5.97 Å². The van der Waals surface area contributed by atoms with E-state index in [0.29, 0.717) is 5.02 Å². The van der Waals surface area contributed by atoms with Crippen molar-refractivity contribution in [2.24, 2.45) is 0 Å². The van der Waals surface area contributed by atoms with Crippen molar-refractivity contribution in [1.82, 2.24) is 4.98 Å². The fourth-order valence-corrected chi connectivity index (χ4v) is 3.48. The Hall–Kier alpha value is -1.68. The second-order valence-electron chi connectivity index (χ2n) is 5.20. The monoisotopic (exact) mass is 293 g/mol. The molecule has 1 aliphatic carbocycles. The van der Waals surface area contributed by atoms with Gasteiger partial charge in [0.25, 0.3) is 0 Å². The van der Waals surface area contributed by atoms with E-state index in [1.165, 1.54) is 0 Å². The fourth-order valence-electron chi connectivity index (χ4n) is 3.22. The Morgan fingerprint density at radius 1 is 1.55 bits per heavy atom. The predicted octanol–water partition coefficient (Wildman–Crippen LogP) is 3.72. The number of aliphatic carboxylic acids is 1. The van der Waals surface area contributed by atoms with Crippen LogP contribution in [-0.4, -0.2) is 23.2 Å². The average Bonchev–Trinajstić information content (AvgIpc) is 2.80. The summed E-state index contributed by atoms with van der Waals surface area (Å²) in [5.74, 6) is -0.00120. The highest BCUT2D eigenvalue weighted by Gasteiger charge is 2.28. The minimum absolute atomic E-state index is 0.0228. The molecule has 1 atom stereocenters. The highest BCUT2D eigenvalue weighted by molar-refractivity contribution is 6.36. The number of benzene rings is 1. The number of hydrogen-bond donors (Lipinski definition) is 2. The summed E-state index contributed by atoms with van der Waals surface area (Å²) in [7, 11) is 1.62. The third kappa shape index (κ3) is 2.04. The maximum atomic E-state index is 11.1. The quantitative estimate of drug-likeness (QED) is 0.906. The number of aromatic nitrogens is 1. The highest BCUT2D eigenvalue weighted by atomic mass is 35.5. The first-order valence-corrected chi connectivity index (χ1v) is 7.08. The molecule has 1 aromatic carbocycles. The molecule has 0 spiro atoms. The number of carboxylic acid groups (broad SMARTS) is 1. The van der Waals surface area contributed by atoms with E-state index in [9.17, 15) is 4.79 Å². The van der Waals surface area contributed by atoms with Gasteiger partial charge in [0.05, 0.1) is 24.1 Å². The number of carboxylic acids is 1. The molecule has 2 aromatic rings. The smallest absolute Gasteiger partial charge is 0.303 e. The second kappa shape index (κ2) is 5.02. The zero-order chi connectivity index (χ0) is 14.3. The highest BCUT2D eigenvalue weighted by Crippen LogP contribution is 2.43. The van der Waals surface area contributed by atoms with Gasteiger partial charge in [-0.1, -0.05) is 11.6 Å². The van der Waals surface area contributed by atoms with E-state index in [0.717, 1.165) is 47.2 Å². The molecule has 0 saturated heterocycles. The van der Waals surface area contributed by atoms with Crippen molar-refractivity contribution < 1.29 is 14.6 Å². The number of aromatic amines is 1. The normalized spacial score (nSPS) is 18.0. The summed E-state index contributed by atoms with van der Waals surface area (Å²) in [5, 5.41) is 10.7. The van der Waals surface area contributed by atoms with Crippen LogP contribution in [0.2, 0.25) is 5.02 Å². The molecule has 0 aliphatic heterocycles. The van der Waals surface area contributed by atoms with Crippen LogP contribution in [0.5, 0.6) is 5.75 Å². The minimum Gasteiger partial charge on any atom is -0.495 e. The number of hydrogen-bond acceptors (Lipinski definition) is 2. The molecule has 0 bridgehead atoms. The molecule has 20 heavy (non-hydrogen) atoms. The standard InChI is InChI=1S/C15H16ClNO3/c1-20-11-6-5-9(16)14-13-8(7-12(18)19)3-2-4-10(13)17-15(11)14/h5-6,8,17H,2-4,7H2,1H3,(H,18,19). The van der Waals surface area contributed by atoms with Crippen molar-refractivity contribution in [2.75, 3.05) is 7.11 Å². The molecule has 0 saturated carbocycles. The van der Waals surface area contributed by atoms with Gasteiger partial charge < -0.3 is 14.8 Å². The predicted molar refractivity (Wildman–Crippen MR) is 77.8 cm³/mol. The van der Waals surface area contributed by atoms with Crippen molar-refractivity contribution in [2.45, 2.75) is 31.6 Å². The van der Waals surface area contributed by atoms with Gasteiger partial charge in [-0.3, -0.25) is 4.79 Å². The number of aryl methyl sites for hydroxylation is 1. The molecule has 2 N–H and O–H groups in total. The Morgan fingerprint density at radius 3 is 3.05 bits per heavy atom. The van der Waals surface area contributed by atoms with Crippen molar-refractivity contribution in [1.29, 1.82) is 0 Å². The number of carbonyl (C=O) groups is 1. The molecule has 1 heterocycles. The summed E-state index contributed by atoms with van der Waals surface area (Å²) in [6.45, 7) is 0. The van der Waals surface area contributed by atoms with E-state index in [1.54, 1.807) is 7.11 Å². The van der Waals surface area contributed by atoms with Crippen molar-refractivity contribution in [3.05, 3.63) is 28.4 Å². The largest absolute Gasteiger partial charge is 0.495 e. The van der Waals surface area contributed by atoms with Gasteiger partial charge in [0, 0.05) is 11.1 Å². The number of fused-ring (bicyclic) bond motifs is 3. The Morgan fingerprint density at radius 2 is 2.35 bits per heavy atom. The van der Waals surface area contributed by atoms with Crippen LogP contribution in [0.15, 0.2) is 12.1 Å². The van der Waals surface area contributed by atoms with Gasteiger partial charge in [-0.05, 0) is 42.9 Å². The molecular formula is C15H16ClNO3. The molecule has 0 amide bonds. The van der Waals surface area contributed by atoms with Crippen LogP contribution in [0.1, 0.15) is 36.4 Å². The Kier molecular flexibility index (Phi) is 3.34. The summed E-state index contributed by atoms with van der Waals surface area (Å²) in [6.07, 6.45) is 2.96. The molecule has 106 valence electrons. The average molecular weight is 294 g/mol. The molecule has 5 heteroatoms. The Bertz CT molecular complexity index is 677. The summed E-state index contributed by atoms with van der Waals surface area (Å²) in [6, 6.07) is 3.64. The lowest BCUT2D eigenvalue weighted by Gasteiger charge is -2.21. The first-order chi connectivity index (χ1) is 9.61. The number of H-pyrrole nitrogens is 1. The number of halogens is 1. The van der Waals surface area contributed by atoms with Crippen molar-refractivity contribution >= 4 is 28.5 Å². The molecular weight excluding hydrogens is 278 g/mol. The van der Waals surface area contributed by atoms with Crippen molar-refractivity contribution in [3.8, 4) is 5.75 Å². The number of nitrogens with one attached hydrogen (secondary N) is 1. The Labute approximate surface area is 121 Å². The first kappa shape index (κ1) is 13.3. The van der Waals surface area contributed by atoms with Crippen molar-refractivity contribution in [3.63, 3.8) is 0 Å². The number of methoxy groups -OCH3 is 1. The van der Waals surface area contributed by atoms with Gasteiger partial charge in [-0.25, -0.2) is 0 Å². The van der Waals surface area contributed by atoms with E-state index in [-0.39, 0.29) is 12.3 Å². The van der Waals surface area contributed by atoms with Crippen LogP contribution in [0.4, 0.5) is 0 Å². The zero-order valence-corrected chi connectivity index (χ0v) is 12.0. The minimum atomic E-state index is -0.767. The van der Waals surface area contributed by atoms with Crippen LogP contribution in [0.25, 0.3) is 10.9 Å². The summed E-state index contributed by atoms with van der Waals surface area (Å²) in [4.78, 5) is 14.5.